The number of rotatable bonds is 7. The van der Waals surface area contributed by atoms with Crippen molar-refractivity contribution >= 4 is 23.2 Å². The maximum absolute atomic E-state index is 12.1. The van der Waals surface area contributed by atoms with Gasteiger partial charge in [-0.05, 0) is 31.1 Å². The fourth-order valence-electron chi connectivity index (χ4n) is 2.58. The van der Waals surface area contributed by atoms with Crippen LogP contribution >= 0.6 is 11.3 Å². The van der Waals surface area contributed by atoms with Crippen molar-refractivity contribution in [1.29, 1.82) is 0 Å². The van der Waals surface area contributed by atoms with Crippen LogP contribution in [0.25, 0.3) is 0 Å². The number of nitrogens with zero attached hydrogens (tertiary/aromatic N) is 1. The second-order valence-corrected chi connectivity index (χ2v) is 7.15. The molecule has 1 atom stereocenters. The van der Waals surface area contributed by atoms with Crippen molar-refractivity contribution in [3.05, 3.63) is 52.0 Å². The number of thiazole rings is 1. The van der Waals surface area contributed by atoms with Crippen molar-refractivity contribution < 1.29 is 9.59 Å². The van der Waals surface area contributed by atoms with Crippen molar-refractivity contribution in [2.24, 2.45) is 11.8 Å². The molecule has 0 saturated carbocycles. The standard InChI is InChI=1S/C18H22N4O2S/c1-12(14-7-19-8-14)17(23)20-9-15-11-25-16(22-15)10-21-18(24)13-5-3-2-4-6-13/h2-6,11-12,14,19H,7-10H2,1H3,(H,20,23)(H,21,24). The molecule has 3 rings (SSSR count). The molecule has 1 aromatic carbocycles. The van der Waals surface area contributed by atoms with Gasteiger partial charge in [0.15, 0.2) is 0 Å². The van der Waals surface area contributed by atoms with E-state index >= 15 is 0 Å². The molecule has 0 bridgehead atoms. The lowest BCUT2D eigenvalue weighted by atomic mass is 9.88. The first-order valence-electron chi connectivity index (χ1n) is 8.38. The summed E-state index contributed by atoms with van der Waals surface area (Å²) >= 11 is 1.48. The largest absolute Gasteiger partial charge is 0.350 e. The summed E-state index contributed by atoms with van der Waals surface area (Å²) in [5.41, 5.74) is 1.45. The van der Waals surface area contributed by atoms with E-state index < -0.39 is 0 Å². The normalized spacial score (nSPS) is 15.2. The Kier molecular flexibility index (Phi) is 5.78. The number of carbonyl (C=O) groups is 2. The molecule has 25 heavy (non-hydrogen) atoms. The van der Waals surface area contributed by atoms with Crippen LogP contribution in [0.15, 0.2) is 35.7 Å². The molecule has 2 amide bonds. The zero-order valence-electron chi connectivity index (χ0n) is 14.1. The number of benzene rings is 1. The third-order valence-corrected chi connectivity index (χ3v) is 5.31. The molecule has 0 spiro atoms. The topological polar surface area (TPSA) is 83.1 Å². The number of carbonyl (C=O) groups excluding carboxylic acids is 2. The predicted molar refractivity (Wildman–Crippen MR) is 97.1 cm³/mol. The number of amides is 2. The van der Waals surface area contributed by atoms with Gasteiger partial charge in [-0.25, -0.2) is 4.98 Å². The second-order valence-electron chi connectivity index (χ2n) is 6.21. The molecule has 1 saturated heterocycles. The third kappa shape index (κ3) is 4.64. The van der Waals surface area contributed by atoms with Gasteiger partial charge in [-0.2, -0.15) is 0 Å². The van der Waals surface area contributed by atoms with Crippen LogP contribution in [-0.4, -0.2) is 29.9 Å². The Bertz CT molecular complexity index is 728. The van der Waals surface area contributed by atoms with Gasteiger partial charge in [0.2, 0.25) is 5.91 Å². The van der Waals surface area contributed by atoms with Gasteiger partial charge in [-0.3, -0.25) is 9.59 Å². The lowest BCUT2D eigenvalue weighted by Crippen LogP contribution is -2.49. The van der Waals surface area contributed by atoms with Crippen LogP contribution in [0.5, 0.6) is 0 Å². The Balaban J connectivity index is 1.44. The Morgan fingerprint density at radius 2 is 2.00 bits per heavy atom. The molecule has 3 N–H and O–H groups in total. The van der Waals surface area contributed by atoms with Gasteiger partial charge in [0.1, 0.15) is 5.01 Å². The number of aromatic nitrogens is 1. The molecular formula is C18H22N4O2S. The van der Waals surface area contributed by atoms with E-state index in [-0.39, 0.29) is 17.7 Å². The summed E-state index contributed by atoms with van der Waals surface area (Å²) in [6.07, 6.45) is 0. The van der Waals surface area contributed by atoms with Crippen LogP contribution in [0, 0.1) is 11.8 Å². The molecule has 7 heteroatoms. The Morgan fingerprint density at radius 3 is 2.68 bits per heavy atom. The Hall–Kier alpha value is -2.25. The first-order valence-corrected chi connectivity index (χ1v) is 9.26. The van der Waals surface area contributed by atoms with E-state index in [4.69, 9.17) is 0 Å². The van der Waals surface area contributed by atoms with Crippen molar-refractivity contribution in [1.82, 2.24) is 20.9 Å². The highest BCUT2D eigenvalue weighted by molar-refractivity contribution is 7.09. The summed E-state index contributed by atoms with van der Waals surface area (Å²) in [5, 5.41) is 11.7. The second kappa shape index (κ2) is 8.22. The molecular weight excluding hydrogens is 336 g/mol. The molecule has 132 valence electrons. The van der Waals surface area contributed by atoms with Crippen LogP contribution in [0.4, 0.5) is 0 Å². The maximum atomic E-state index is 12.1. The van der Waals surface area contributed by atoms with Crippen molar-refractivity contribution in [2.45, 2.75) is 20.0 Å². The summed E-state index contributed by atoms with van der Waals surface area (Å²) in [4.78, 5) is 28.6. The van der Waals surface area contributed by atoms with E-state index in [0.29, 0.717) is 24.6 Å². The van der Waals surface area contributed by atoms with E-state index in [9.17, 15) is 9.59 Å². The smallest absolute Gasteiger partial charge is 0.251 e. The van der Waals surface area contributed by atoms with Crippen LogP contribution in [0.3, 0.4) is 0 Å². The van der Waals surface area contributed by atoms with E-state index in [1.165, 1.54) is 11.3 Å². The van der Waals surface area contributed by atoms with E-state index in [0.717, 1.165) is 23.8 Å². The highest BCUT2D eigenvalue weighted by Crippen LogP contribution is 2.16. The zero-order chi connectivity index (χ0) is 17.6. The Morgan fingerprint density at radius 1 is 1.24 bits per heavy atom. The zero-order valence-corrected chi connectivity index (χ0v) is 14.9. The molecule has 2 aromatic rings. The monoisotopic (exact) mass is 358 g/mol. The number of hydrogen-bond donors (Lipinski definition) is 3. The molecule has 2 heterocycles. The van der Waals surface area contributed by atoms with Crippen molar-refractivity contribution in [3.63, 3.8) is 0 Å². The summed E-state index contributed by atoms with van der Waals surface area (Å²) < 4.78 is 0. The lowest BCUT2D eigenvalue weighted by Gasteiger charge is -2.31. The molecule has 0 aliphatic carbocycles. The average molecular weight is 358 g/mol. The fraction of sp³-hybridized carbons (Fsp3) is 0.389. The summed E-state index contributed by atoms with van der Waals surface area (Å²) in [5.74, 6) is 0.399. The first kappa shape index (κ1) is 17.6. The summed E-state index contributed by atoms with van der Waals surface area (Å²) in [7, 11) is 0. The average Bonchev–Trinajstić information content (AvgIpc) is 3.04. The predicted octanol–water partition coefficient (Wildman–Crippen LogP) is 1.54. The third-order valence-electron chi connectivity index (χ3n) is 4.41. The number of hydrogen-bond acceptors (Lipinski definition) is 5. The Labute approximate surface area is 151 Å². The molecule has 1 fully saturated rings. The van der Waals surface area contributed by atoms with Gasteiger partial charge in [0.05, 0.1) is 18.8 Å². The summed E-state index contributed by atoms with van der Waals surface area (Å²) in [6, 6.07) is 9.09. The minimum absolute atomic E-state index is 0.0181. The highest BCUT2D eigenvalue weighted by atomic mass is 32.1. The van der Waals surface area contributed by atoms with Crippen molar-refractivity contribution in [3.8, 4) is 0 Å². The minimum atomic E-state index is -0.117. The van der Waals surface area contributed by atoms with Gasteiger partial charge in [-0.1, -0.05) is 25.1 Å². The highest BCUT2D eigenvalue weighted by Gasteiger charge is 2.28. The molecule has 1 aromatic heterocycles. The minimum Gasteiger partial charge on any atom is -0.350 e. The number of nitrogens with one attached hydrogen (secondary N) is 3. The van der Waals surface area contributed by atoms with Crippen LogP contribution in [-0.2, 0) is 17.9 Å². The SMILES string of the molecule is CC(C(=O)NCc1csc(CNC(=O)c2ccccc2)n1)C1CNC1. The van der Waals surface area contributed by atoms with E-state index in [1.54, 1.807) is 12.1 Å². The molecule has 1 unspecified atom stereocenters. The molecule has 6 nitrogen and oxygen atoms in total. The maximum Gasteiger partial charge on any atom is 0.251 e. The first-order chi connectivity index (χ1) is 12.1. The van der Waals surface area contributed by atoms with Gasteiger partial charge in [-0.15, -0.1) is 11.3 Å². The van der Waals surface area contributed by atoms with Gasteiger partial charge in [0.25, 0.3) is 5.91 Å². The van der Waals surface area contributed by atoms with Gasteiger partial charge in [0, 0.05) is 16.9 Å². The summed E-state index contributed by atoms with van der Waals surface area (Å²) in [6.45, 7) is 4.60. The molecule has 1 aliphatic heterocycles. The molecule has 1 aliphatic rings. The van der Waals surface area contributed by atoms with Crippen LogP contribution < -0.4 is 16.0 Å². The van der Waals surface area contributed by atoms with Crippen molar-refractivity contribution in [2.75, 3.05) is 13.1 Å². The van der Waals surface area contributed by atoms with Gasteiger partial charge < -0.3 is 16.0 Å². The van der Waals surface area contributed by atoms with E-state index in [1.807, 2.05) is 30.5 Å². The lowest BCUT2D eigenvalue weighted by molar-refractivity contribution is -0.126. The van der Waals surface area contributed by atoms with E-state index in [2.05, 4.69) is 20.9 Å². The van der Waals surface area contributed by atoms with Crippen LogP contribution in [0.1, 0.15) is 28.0 Å². The van der Waals surface area contributed by atoms with Crippen LogP contribution in [0.2, 0.25) is 0 Å². The molecule has 0 radical (unpaired) electrons. The van der Waals surface area contributed by atoms with Gasteiger partial charge >= 0.3 is 0 Å². The quantitative estimate of drug-likeness (QED) is 0.701. The fourth-order valence-corrected chi connectivity index (χ4v) is 3.31.